The maximum absolute atomic E-state index is 14.2. The molecule has 222 valence electrons. The number of carbonyl (C=O) groups is 2. The third kappa shape index (κ3) is 6.11. The number of rotatable bonds is 11. The van der Waals surface area contributed by atoms with Gasteiger partial charge in [-0.05, 0) is 40.5 Å². The van der Waals surface area contributed by atoms with Crippen LogP contribution in [0.1, 0.15) is 27.2 Å². The summed E-state index contributed by atoms with van der Waals surface area (Å²) in [5.41, 5.74) is 0.333. The van der Waals surface area contributed by atoms with Crippen molar-refractivity contribution in [3.05, 3.63) is 104 Å². The molecule has 1 fully saturated rings. The first-order valence-electron chi connectivity index (χ1n) is 14.3. The van der Waals surface area contributed by atoms with E-state index in [-0.39, 0.29) is 23.5 Å². The molecule has 1 amide bonds. The molecule has 5 nitrogen and oxygen atoms in total. The Morgan fingerprint density at radius 1 is 0.929 bits per heavy atom. The van der Waals surface area contributed by atoms with Crippen molar-refractivity contribution in [1.82, 2.24) is 4.90 Å². The summed E-state index contributed by atoms with van der Waals surface area (Å²) in [6.07, 6.45) is 2.08. The van der Waals surface area contributed by atoms with Gasteiger partial charge >= 0.3 is 5.97 Å². The molecule has 0 radical (unpaired) electrons. The maximum atomic E-state index is 14.2. The van der Waals surface area contributed by atoms with Gasteiger partial charge in [0.1, 0.15) is 12.0 Å². The summed E-state index contributed by atoms with van der Waals surface area (Å²) in [4.78, 5) is 29.9. The lowest BCUT2D eigenvalue weighted by Gasteiger charge is -2.48. The monoisotopic (exact) mass is 619 g/mol. The van der Waals surface area contributed by atoms with Crippen molar-refractivity contribution in [3.63, 3.8) is 0 Å². The molecular weight excluding hydrogens is 578 g/mol. The Morgan fingerprint density at radius 2 is 1.38 bits per heavy atom. The molecule has 42 heavy (non-hydrogen) atoms. The summed E-state index contributed by atoms with van der Waals surface area (Å²) in [5, 5.41) is 2.43. The highest BCUT2D eigenvalue weighted by Crippen LogP contribution is 2.50. The van der Waals surface area contributed by atoms with Crippen molar-refractivity contribution in [2.75, 3.05) is 13.2 Å². The predicted molar refractivity (Wildman–Crippen MR) is 182 cm³/mol. The quantitative estimate of drug-likeness (QED) is 0.0719. The van der Waals surface area contributed by atoms with Crippen LogP contribution in [0.4, 0.5) is 0 Å². The van der Waals surface area contributed by atoms with Crippen LogP contribution in [0.5, 0.6) is 0 Å². The molecule has 0 spiro atoms. The van der Waals surface area contributed by atoms with E-state index in [9.17, 15) is 9.59 Å². The second-order valence-corrected chi connectivity index (χ2v) is 20.7. The van der Waals surface area contributed by atoms with Gasteiger partial charge in [-0.1, -0.05) is 124 Å². The van der Waals surface area contributed by atoms with Crippen LogP contribution in [0.2, 0.25) is 18.1 Å². The summed E-state index contributed by atoms with van der Waals surface area (Å²) in [7, 11) is -1.97. The van der Waals surface area contributed by atoms with Crippen molar-refractivity contribution < 1.29 is 18.8 Å². The molecule has 0 saturated carbocycles. The van der Waals surface area contributed by atoms with Crippen LogP contribution in [0.15, 0.2) is 104 Å². The Balaban J connectivity index is 1.92. The zero-order chi connectivity index (χ0) is 30.5. The molecule has 1 unspecified atom stereocenters. The van der Waals surface area contributed by atoms with E-state index in [0.29, 0.717) is 18.4 Å². The van der Waals surface area contributed by atoms with Crippen LogP contribution in [-0.2, 0) is 18.8 Å². The van der Waals surface area contributed by atoms with E-state index in [1.54, 1.807) is 11.0 Å². The molecule has 8 heteroatoms. The Kier molecular flexibility index (Phi) is 10.1. The zero-order valence-corrected chi connectivity index (χ0v) is 28.0. The molecule has 1 heterocycles. The van der Waals surface area contributed by atoms with E-state index in [2.05, 4.69) is 40.4 Å². The molecule has 0 bridgehead atoms. The summed E-state index contributed by atoms with van der Waals surface area (Å²) < 4.78 is 12.2. The van der Waals surface area contributed by atoms with Gasteiger partial charge in [-0.3, -0.25) is 9.69 Å². The zero-order valence-electron chi connectivity index (χ0n) is 25.2. The van der Waals surface area contributed by atoms with Crippen LogP contribution in [-0.4, -0.2) is 49.1 Å². The fourth-order valence-electron chi connectivity index (χ4n) is 5.06. The van der Waals surface area contributed by atoms with Gasteiger partial charge in [0.25, 0.3) is 0 Å². The maximum Gasteiger partial charge on any atom is 0.356 e. The van der Waals surface area contributed by atoms with Crippen LogP contribution < -0.4 is 15.9 Å². The third-order valence-corrected chi connectivity index (χ3v) is 17.7. The molecule has 0 aromatic heterocycles. The van der Waals surface area contributed by atoms with Gasteiger partial charge in [-0.25, -0.2) is 4.79 Å². The normalized spacial score (nSPS) is 17.4. The fourth-order valence-corrected chi connectivity index (χ4v) is 11.1. The Morgan fingerprint density at radius 3 is 1.76 bits per heavy atom. The standard InChI is InChI=1S/C34H42NO4PSSi/c1-7-24-38-33(37)31(35-30(36)29(32(35)41)23-25-39-42(5,6)34(2,3)4)40(26-17-11-8-12-18-26,27-19-13-9-14-20-27)28-21-15-10-16-22-28/h7-22,29,32,41H,1,23-25H2,2-6H3/t29-,32?/m0/s1. The van der Waals surface area contributed by atoms with Crippen molar-refractivity contribution in [3.8, 4) is 0 Å². The summed E-state index contributed by atoms with van der Waals surface area (Å²) in [5.74, 6) is -1.04. The topological polar surface area (TPSA) is 55.8 Å². The molecule has 0 aliphatic carbocycles. The Labute approximate surface area is 257 Å². The molecule has 0 N–H and O–H groups in total. The number of hydrogen-bond donors (Lipinski definition) is 1. The smallest absolute Gasteiger partial charge is 0.356 e. The average Bonchev–Trinajstić information content (AvgIpc) is 2.99. The van der Waals surface area contributed by atoms with Gasteiger partial charge < -0.3 is 9.16 Å². The number of hydrogen-bond acceptors (Lipinski definition) is 5. The minimum atomic E-state index is -2.92. The molecule has 1 aliphatic rings. The number of benzene rings is 3. The highest BCUT2D eigenvalue weighted by Gasteiger charge is 2.52. The van der Waals surface area contributed by atoms with Crippen molar-refractivity contribution >= 4 is 61.0 Å². The van der Waals surface area contributed by atoms with Crippen molar-refractivity contribution in [2.24, 2.45) is 5.92 Å². The second-order valence-electron chi connectivity index (χ2n) is 12.0. The second kappa shape index (κ2) is 13.2. The lowest BCUT2D eigenvalue weighted by atomic mass is 9.95. The number of β-lactam (4-membered cyclic amide) rings is 1. The summed E-state index contributed by atoms with van der Waals surface area (Å²) in [6.45, 7) is 12.3. The van der Waals surface area contributed by atoms with Crippen molar-refractivity contribution in [2.45, 2.75) is 50.7 Å². The number of nitrogens with zero attached hydrogens (tertiary/aromatic N) is 1. The SMILES string of the molecule is C=CCOC(=O)C(N1C(=O)[C@H](CCO[Si](C)(C)C(C)(C)C)C1S)=P(c1ccccc1)(c1ccccc1)c1ccccc1. The molecular formula is C34H42NO4PSSi. The first-order chi connectivity index (χ1) is 20.0. The number of carbonyl (C=O) groups excluding carboxylic acids is 2. The molecule has 1 saturated heterocycles. The highest BCUT2D eigenvalue weighted by atomic mass is 32.1. The van der Waals surface area contributed by atoms with Gasteiger partial charge in [0, 0.05) is 13.5 Å². The predicted octanol–water partition coefficient (Wildman–Crippen LogP) is 5.97. The average molecular weight is 620 g/mol. The number of thiol groups is 1. The van der Waals surface area contributed by atoms with E-state index in [1.807, 2.05) is 91.0 Å². The van der Waals surface area contributed by atoms with Gasteiger partial charge in [-0.2, -0.15) is 12.6 Å². The van der Waals surface area contributed by atoms with Gasteiger partial charge in [0.15, 0.2) is 8.32 Å². The molecule has 4 rings (SSSR count). The van der Waals surface area contributed by atoms with Gasteiger partial charge in [0.05, 0.1) is 11.3 Å². The van der Waals surface area contributed by atoms with E-state index in [0.717, 1.165) is 15.9 Å². The molecule has 1 aliphatic heterocycles. The number of amides is 1. The third-order valence-electron chi connectivity index (χ3n) is 8.37. The molecule has 2 atom stereocenters. The largest absolute Gasteiger partial charge is 0.457 e. The van der Waals surface area contributed by atoms with Crippen LogP contribution in [0.25, 0.3) is 0 Å². The van der Waals surface area contributed by atoms with E-state index < -0.39 is 26.5 Å². The fraction of sp³-hybridized carbons (Fsp3) is 0.324. The Bertz CT molecular complexity index is 1350. The van der Waals surface area contributed by atoms with Gasteiger partial charge in [-0.15, -0.1) is 0 Å². The molecule has 3 aromatic rings. The lowest BCUT2D eigenvalue weighted by molar-refractivity contribution is -0.147. The summed E-state index contributed by atoms with van der Waals surface area (Å²) >= 11 is 4.96. The van der Waals surface area contributed by atoms with E-state index in [4.69, 9.17) is 21.8 Å². The molecule has 3 aromatic carbocycles. The minimum absolute atomic E-state index is 0.0315. The first kappa shape index (κ1) is 32.1. The highest BCUT2D eigenvalue weighted by molar-refractivity contribution is 7.96. The number of likely N-dealkylation sites (tertiary alicyclic amines) is 1. The van der Waals surface area contributed by atoms with Crippen LogP contribution >= 0.6 is 19.5 Å². The van der Waals surface area contributed by atoms with Gasteiger partial charge in [0.2, 0.25) is 5.91 Å². The van der Waals surface area contributed by atoms with E-state index >= 15 is 0 Å². The van der Waals surface area contributed by atoms with Crippen LogP contribution in [0.3, 0.4) is 0 Å². The number of esters is 1. The van der Waals surface area contributed by atoms with E-state index in [1.165, 1.54) is 0 Å². The Hall–Kier alpha value is -2.83. The lowest BCUT2D eigenvalue weighted by Crippen LogP contribution is -2.64. The van der Waals surface area contributed by atoms with Crippen molar-refractivity contribution in [1.29, 1.82) is 0 Å². The first-order valence-corrected chi connectivity index (χ1v) is 19.5. The van der Waals surface area contributed by atoms with Crippen LogP contribution in [0, 0.1) is 5.92 Å². The minimum Gasteiger partial charge on any atom is -0.457 e. The summed E-state index contributed by atoms with van der Waals surface area (Å²) in [6, 6.07) is 29.9. The number of ether oxygens (including phenoxy) is 1.